The van der Waals surface area contributed by atoms with Gasteiger partial charge in [0.25, 0.3) is 15.9 Å². The molecule has 1 aromatic heterocycles. The molecule has 1 aliphatic heterocycles. The van der Waals surface area contributed by atoms with Gasteiger partial charge < -0.3 is 18.9 Å². The van der Waals surface area contributed by atoms with Gasteiger partial charge in [0, 0.05) is 31.5 Å². The summed E-state index contributed by atoms with van der Waals surface area (Å²) in [6.45, 7) is 5.20. The molecule has 9 heteroatoms. The van der Waals surface area contributed by atoms with Crippen LogP contribution in [0.4, 0.5) is 5.69 Å². The second-order valence-corrected chi connectivity index (χ2v) is 8.26. The summed E-state index contributed by atoms with van der Waals surface area (Å²) in [7, 11) is -0.799. The third kappa shape index (κ3) is 3.59. The predicted octanol–water partition coefficient (Wildman–Crippen LogP) is 1.92. The Labute approximate surface area is 165 Å². The molecule has 152 valence electrons. The van der Waals surface area contributed by atoms with E-state index in [2.05, 4.69) is 4.72 Å². The summed E-state index contributed by atoms with van der Waals surface area (Å²) in [5.74, 6) is 0.0994. The van der Waals surface area contributed by atoms with Crippen LogP contribution in [0.2, 0.25) is 0 Å². The number of benzene rings is 1. The monoisotopic (exact) mass is 407 g/mol. The van der Waals surface area contributed by atoms with Gasteiger partial charge in [0.05, 0.1) is 31.6 Å². The van der Waals surface area contributed by atoms with E-state index in [1.165, 1.54) is 7.11 Å². The topological polar surface area (TPSA) is 89.9 Å². The molecule has 0 radical (unpaired) electrons. The van der Waals surface area contributed by atoms with Crippen LogP contribution in [0.15, 0.2) is 29.2 Å². The van der Waals surface area contributed by atoms with Crippen molar-refractivity contribution in [3.63, 3.8) is 0 Å². The Morgan fingerprint density at radius 3 is 2.43 bits per heavy atom. The summed E-state index contributed by atoms with van der Waals surface area (Å²) in [4.78, 5) is 14.8. The first-order valence-corrected chi connectivity index (χ1v) is 10.4. The number of carbonyl (C=O) groups excluding carboxylic acids is 1. The maximum absolute atomic E-state index is 13.3. The van der Waals surface area contributed by atoms with Crippen LogP contribution < -0.4 is 9.46 Å². The van der Waals surface area contributed by atoms with Crippen molar-refractivity contribution in [3.8, 4) is 5.75 Å². The fraction of sp³-hybridized carbons (Fsp3) is 0.421. The van der Waals surface area contributed by atoms with Gasteiger partial charge in [-0.1, -0.05) is 12.1 Å². The Kier molecular flexibility index (Phi) is 5.66. The lowest BCUT2D eigenvalue weighted by Gasteiger charge is -2.27. The molecule has 2 heterocycles. The Morgan fingerprint density at radius 1 is 1.14 bits per heavy atom. The number of hydrogen-bond donors (Lipinski definition) is 1. The molecule has 1 aliphatic rings. The highest BCUT2D eigenvalue weighted by Crippen LogP contribution is 2.32. The second-order valence-electron chi connectivity index (χ2n) is 6.64. The van der Waals surface area contributed by atoms with Crippen molar-refractivity contribution < 1.29 is 22.7 Å². The van der Waals surface area contributed by atoms with Crippen LogP contribution in [-0.2, 0) is 21.8 Å². The molecule has 1 amide bonds. The molecule has 3 rings (SSSR count). The summed E-state index contributed by atoms with van der Waals surface area (Å²) >= 11 is 0. The number of morpholine rings is 1. The first kappa shape index (κ1) is 20.2. The number of amides is 1. The lowest BCUT2D eigenvalue weighted by atomic mass is 10.2. The third-order valence-corrected chi connectivity index (χ3v) is 6.58. The fourth-order valence-corrected chi connectivity index (χ4v) is 4.94. The van der Waals surface area contributed by atoms with E-state index in [1.54, 1.807) is 54.6 Å². The summed E-state index contributed by atoms with van der Waals surface area (Å²) in [5.41, 5.74) is 1.62. The largest absolute Gasteiger partial charge is 0.495 e. The SMILES string of the molecule is COc1ccccc1NS(=O)(=O)c1c(C(=O)N2CCOCC2)c(C)n(C)c1C. The number of methoxy groups -OCH3 is 1. The summed E-state index contributed by atoms with van der Waals surface area (Å²) in [6.07, 6.45) is 0. The molecule has 1 N–H and O–H groups in total. The highest BCUT2D eigenvalue weighted by molar-refractivity contribution is 7.92. The van der Waals surface area contributed by atoms with Crippen LogP contribution in [0.25, 0.3) is 0 Å². The molecule has 2 aromatic rings. The molecule has 0 bridgehead atoms. The molecule has 8 nitrogen and oxygen atoms in total. The molecule has 1 saturated heterocycles. The number of para-hydroxylation sites is 2. The quantitative estimate of drug-likeness (QED) is 0.818. The standard InChI is InChI=1S/C19H25N3O5S/c1-13-17(19(23)22-9-11-27-12-10-22)18(14(2)21(13)3)28(24,25)20-15-7-5-6-8-16(15)26-4/h5-8,20H,9-12H2,1-4H3. The molecular weight excluding hydrogens is 382 g/mol. The molecule has 0 spiro atoms. The highest BCUT2D eigenvalue weighted by Gasteiger charge is 2.33. The van der Waals surface area contributed by atoms with Crippen LogP contribution in [0.1, 0.15) is 21.7 Å². The van der Waals surface area contributed by atoms with E-state index >= 15 is 0 Å². The van der Waals surface area contributed by atoms with E-state index in [4.69, 9.17) is 9.47 Å². The van der Waals surface area contributed by atoms with E-state index in [0.29, 0.717) is 49.1 Å². The van der Waals surface area contributed by atoms with Gasteiger partial charge >= 0.3 is 0 Å². The van der Waals surface area contributed by atoms with Gasteiger partial charge in [-0.3, -0.25) is 9.52 Å². The normalized spacial score (nSPS) is 14.8. The molecule has 0 saturated carbocycles. The van der Waals surface area contributed by atoms with Gasteiger partial charge in [0.15, 0.2) is 0 Å². The minimum Gasteiger partial charge on any atom is -0.495 e. The smallest absolute Gasteiger partial charge is 0.264 e. The van der Waals surface area contributed by atoms with Crippen molar-refractivity contribution in [3.05, 3.63) is 41.2 Å². The van der Waals surface area contributed by atoms with Crippen molar-refractivity contribution in [1.29, 1.82) is 0 Å². The van der Waals surface area contributed by atoms with Gasteiger partial charge in [0.1, 0.15) is 10.6 Å². The van der Waals surface area contributed by atoms with E-state index in [0.717, 1.165) is 0 Å². The van der Waals surface area contributed by atoms with Crippen molar-refractivity contribution in [2.24, 2.45) is 7.05 Å². The lowest BCUT2D eigenvalue weighted by Crippen LogP contribution is -2.41. The minimum atomic E-state index is -4.02. The average Bonchev–Trinajstić information content (AvgIpc) is 2.93. The number of carbonyl (C=O) groups is 1. The van der Waals surface area contributed by atoms with Crippen molar-refractivity contribution in [2.45, 2.75) is 18.7 Å². The lowest BCUT2D eigenvalue weighted by molar-refractivity contribution is 0.0300. The van der Waals surface area contributed by atoms with Gasteiger partial charge in [-0.2, -0.15) is 0 Å². The van der Waals surface area contributed by atoms with Crippen LogP contribution in [-0.4, -0.2) is 57.2 Å². The Morgan fingerprint density at radius 2 is 1.79 bits per heavy atom. The predicted molar refractivity (Wildman–Crippen MR) is 105 cm³/mol. The van der Waals surface area contributed by atoms with Crippen LogP contribution in [0.5, 0.6) is 5.75 Å². The molecule has 0 unspecified atom stereocenters. The Bertz CT molecular complexity index is 991. The maximum atomic E-state index is 13.3. The first-order chi connectivity index (χ1) is 13.3. The summed E-state index contributed by atoms with van der Waals surface area (Å²) in [6, 6.07) is 6.75. The molecular formula is C19H25N3O5S. The molecule has 0 aliphatic carbocycles. The number of rotatable bonds is 5. The zero-order valence-electron chi connectivity index (χ0n) is 16.5. The van der Waals surface area contributed by atoms with Gasteiger partial charge in [-0.25, -0.2) is 8.42 Å². The first-order valence-electron chi connectivity index (χ1n) is 8.96. The zero-order chi connectivity index (χ0) is 20.5. The fourth-order valence-electron chi connectivity index (χ4n) is 3.35. The van der Waals surface area contributed by atoms with E-state index in [9.17, 15) is 13.2 Å². The Hall–Kier alpha value is -2.52. The summed E-state index contributed by atoms with van der Waals surface area (Å²) < 4.78 is 41.4. The van der Waals surface area contributed by atoms with E-state index < -0.39 is 10.0 Å². The number of hydrogen-bond acceptors (Lipinski definition) is 5. The van der Waals surface area contributed by atoms with Crippen molar-refractivity contribution in [2.75, 3.05) is 38.1 Å². The van der Waals surface area contributed by atoms with Crippen LogP contribution >= 0.6 is 0 Å². The number of anilines is 1. The highest BCUT2D eigenvalue weighted by atomic mass is 32.2. The average molecular weight is 407 g/mol. The van der Waals surface area contributed by atoms with Gasteiger partial charge in [-0.05, 0) is 26.0 Å². The third-order valence-electron chi connectivity index (χ3n) is 5.06. The zero-order valence-corrected chi connectivity index (χ0v) is 17.3. The van der Waals surface area contributed by atoms with Crippen LogP contribution in [0.3, 0.4) is 0 Å². The second kappa shape index (κ2) is 7.84. The van der Waals surface area contributed by atoms with Gasteiger partial charge in [0.2, 0.25) is 0 Å². The molecule has 1 fully saturated rings. The summed E-state index contributed by atoms with van der Waals surface area (Å²) in [5, 5.41) is 0. The van der Waals surface area contributed by atoms with E-state index in [-0.39, 0.29) is 16.4 Å². The van der Waals surface area contributed by atoms with Crippen molar-refractivity contribution >= 4 is 21.6 Å². The molecule has 28 heavy (non-hydrogen) atoms. The molecule has 1 aromatic carbocycles. The minimum absolute atomic E-state index is 0.00472. The Balaban J connectivity index is 2.07. The van der Waals surface area contributed by atoms with Gasteiger partial charge in [-0.15, -0.1) is 0 Å². The number of aromatic nitrogens is 1. The number of nitrogens with one attached hydrogen (secondary N) is 1. The maximum Gasteiger partial charge on any atom is 0.264 e. The van der Waals surface area contributed by atoms with E-state index in [1.807, 2.05) is 0 Å². The number of nitrogens with zero attached hydrogens (tertiary/aromatic N) is 2. The van der Waals surface area contributed by atoms with Crippen LogP contribution in [0, 0.1) is 13.8 Å². The van der Waals surface area contributed by atoms with Crippen molar-refractivity contribution in [1.82, 2.24) is 9.47 Å². The molecule has 0 atom stereocenters. The number of ether oxygens (including phenoxy) is 2. The number of sulfonamides is 1.